The van der Waals surface area contributed by atoms with E-state index in [0.29, 0.717) is 18.9 Å². The highest BCUT2D eigenvalue weighted by Crippen LogP contribution is 2.22. The van der Waals surface area contributed by atoms with Gasteiger partial charge in [0.1, 0.15) is 0 Å². The smallest absolute Gasteiger partial charge is 0.227 e. The summed E-state index contributed by atoms with van der Waals surface area (Å²) in [6.45, 7) is 3.63. The standard InChI is InChI=1S/C14H21N3O/c1-11-4-7-17(13(8-11)10-15)14(18)9-12-2-5-16-6-3-12/h2-3,5-6,11,13H,4,7-10,15H2,1H3. The number of piperidine rings is 1. The minimum Gasteiger partial charge on any atom is -0.338 e. The highest BCUT2D eigenvalue weighted by Gasteiger charge is 2.28. The Balaban J connectivity index is 1.99. The van der Waals surface area contributed by atoms with Gasteiger partial charge in [-0.1, -0.05) is 6.92 Å². The molecule has 2 unspecified atom stereocenters. The second-order valence-corrected chi connectivity index (χ2v) is 5.14. The van der Waals surface area contributed by atoms with Gasteiger partial charge in [-0.25, -0.2) is 0 Å². The van der Waals surface area contributed by atoms with Crippen molar-refractivity contribution in [1.82, 2.24) is 9.88 Å². The van der Waals surface area contributed by atoms with E-state index in [9.17, 15) is 4.79 Å². The topological polar surface area (TPSA) is 59.2 Å². The summed E-state index contributed by atoms with van der Waals surface area (Å²) in [7, 11) is 0. The summed E-state index contributed by atoms with van der Waals surface area (Å²) >= 11 is 0. The van der Waals surface area contributed by atoms with Crippen LogP contribution < -0.4 is 5.73 Å². The Bertz CT molecular complexity index is 393. The van der Waals surface area contributed by atoms with Gasteiger partial charge in [0.25, 0.3) is 0 Å². The molecule has 0 bridgehead atoms. The summed E-state index contributed by atoms with van der Waals surface area (Å²) in [6.07, 6.45) is 6.01. The Hall–Kier alpha value is -1.42. The van der Waals surface area contributed by atoms with Gasteiger partial charge >= 0.3 is 0 Å². The number of carbonyl (C=O) groups is 1. The van der Waals surface area contributed by atoms with Crippen molar-refractivity contribution in [2.75, 3.05) is 13.1 Å². The number of aromatic nitrogens is 1. The lowest BCUT2D eigenvalue weighted by Crippen LogP contribution is -2.49. The van der Waals surface area contributed by atoms with Gasteiger partial charge in [-0.05, 0) is 36.5 Å². The number of amides is 1. The molecule has 2 N–H and O–H groups in total. The van der Waals surface area contributed by atoms with Gasteiger partial charge in [0, 0.05) is 31.5 Å². The van der Waals surface area contributed by atoms with Crippen LogP contribution in [-0.4, -0.2) is 34.9 Å². The van der Waals surface area contributed by atoms with Crippen molar-refractivity contribution in [1.29, 1.82) is 0 Å². The van der Waals surface area contributed by atoms with Gasteiger partial charge in [0.2, 0.25) is 5.91 Å². The second-order valence-electron chi connectivity index (χ2n) is 5.14. The molecule has 1 aromatic rings. The molecule has 1 aliphatic heterocycles. The third kappa shape index (κ3) is 3.07. The van der Waals surface area contributed by atoms with Gasteiger partial charge in [-0.15, -0.1) is 0 Å². The third-order valence-corrected chi connectivity index (χ3v) is 3.68. The van der Waals surface area contributed by atoms with Crippen LogP contribution in [0.25, 0.3) is 0 Å². The van der Waals surface area contributed by atoms with Gasteiger partial charge in [-0.3, -0.25) is 9.78 Å². The minimum absolute atomic E-state index is 0.184. The summed E-state index contributed by atoms with van der Waals surface area (Å²) in [5.74, 6) is 0.854. The number of hydrogen-bond donors (Lipinski definition) is 1. The molecule has 0 spiro atoms. The van der Waals surface area contributed by atoms with E-state index in [2.05, 4.69) is 11.9 Å². The van der Waals surface area contributed by atoms with Crippen LogP contribution in [0.4, 0.5) is 0 Å². The maximum absolute atomic E-state index is 12.3. The molecule has 0 aromatic carbocycles. The predicted octanol–water partition coefficient (Wildman–Crippen LogP) is 1.21. The molecule has 4 heteroatoms. The first-order valence-corrected chi connectivity index (χ1v) is 6.59. The molecule has 0 saturated carbocycles. The molecule has 2 heterocycles. The minimum atomic E-state index is 0.184. The van der Waals surface area contributed by atoms with Crippen LogP contribution in [0.1, 0.15) is 25.3 Å². The Morgan fingerprint density at radius 3 is 2.89 bits per heavy atom. The van der Waals surface area contributed by atoms with Crippen molar-refractivity contribution >= 4 is 5.91 Å². The number of likely N-dealkylation sites (tertiary alicyclic amines) is 1. The maximum Gasteiger partial charge on any atom is 0.227 e. The zero-order chi connectivity index (χ0) is 13.0. The molecule has 2 rings (SSSR count). The zero-order valence-corrected chi connectivity index (χ0v) is 10.9. The lowest BCUT2D eigenvalue weighted by atomic mass is 9.92. The number of nitrogens with zero attached hydrogens (tertiary/aromatic N) is 2. The van der Waals surface area contributed by atoms with Gasteiger partial charge in [0.05, 0.1) is 6.42 Å². The van der Waals surface area contributed by atoms with E-state index in [-0.39, 0.29) is 11.9 Å². The fourth-order valence-corrected chi connectivity index (χ4v) is 2.58. The highest BCUT2D eigenvalue weighted by molar-refractivity contribution is 5.79. The van der Waals surface area contributed by atoms with Gasteiger partial charge < -0.3 is 10.6 Å². The molecule has 1 saturated heterocycles. The van der Waals surface area contributed by atoms with Crippen LogP contribution in [0.2, 0.25) is 0 Å². The van der Waals surface area contributed by atoms with Crippen LogP contribution in [0, 0.1) is 5.92 Å². The monoisotopic (exact) mass is 247 g/mol. The summed E-state index contributed by atoms with van der Waals surface area (Å²) in [6, 6.07) is 3.99. The summed E-state index contributed by atoms with van der Waals surface area (Å²) in [5, 5.41) is 0. The van der Waals surface area contributed by atoms with Crippen molar-refractivity contribution in [3.8, 4) is 0 Å². The number of nitrogens with two attached hydrogens (primary N) is 1. The maximum atomic E-state index is 12.3. The highest BCUT2D eigenvalue weighted by atomic mass is 16.2. The first-order chi connectivity index (χ1) is 8.70. The van der Waals surface area contributed by atoms with Crippen molar-refractivity contribution in [2.24, 2.45) is 11.7 Å². The van der Waals surface area contributed by atoms with Crippen molar-refractivity contribution in [2.45, 2.75) is 32.2 Å². The molecule has 1 aromatic heterocycles. The van der Waals surface area contributed by atoms with Gasteiger partial charge in [0.15, 0.2) is 0 Å². The lowest BCUT2D eigenvalue weighted by molar-refractivity contribution is -0.134. The molecule has 0 aliphatic carbocycles. The number of pyridine rings is 1. The molecule has 2 atom stereocenters. The molecule has 1 amide bonds. The average Bonchev–Trinajstić information content (AvgIpc) is 2.39. The van der Waals surface area contributed by atoms with Crippen molar-refractivity contribution in [3.63, 3.8) is 0 Å². The zero-order valence-electron chi connectivity index (χ0n) is 10.9. The Morgan fingerprint density at radius 1 is 1.50 bits per heavy atom. The van der Waals surface area contributed by atoms with Crippen LogP contribution in [0.5, 0.6) is 0 Å². The number of hydrogen-bond acceptors (Lipinski definition) is 3. The predicted molar refractivity (Wildman–Crippen MR) is 70.9 cm³/mol. The fourth-order valence-electron chi connectivity index (χ4n) is 2.58. The first-order valence-electron chi connectivity index (χ1n) is 6.59. The van der Waals surface area contributed by atoms with Crippen molar-refractivity contribution in [3.05, 3.63) is 30.1 Å². The Kier molecular flexibility index (Phi) is 4.31. The van der Waals surface area contributed by atoms with Crippen LogP contribution in [0.3, 0.4) is 0 Å². The average molecular weight is 247 g/mol. The summed E-state index contributed by atoms with van der Waals surface area (Å²) in [4.78, 5) is 18.2. The molecule has 1 aliphatic rings. The fraction of sp³-hybridized carbons (Fsp3) is 0.571. The molecule has 4 nitrogen and oxygen atoms in total. The number of carbonyl (C=O) groups excluding carboxylic acids is 1. The molecular weight excluding hydrogens is 226 g/mol. The van der Waals surface area contributed by atoms with E-state index in [1.165, 1.54) is 0 Å². The van der Waals surface area contributed by atoms with E-state index in [0.717, 1.165) is 24.9 Å². The van der Waals surface area contributed by atoms with E-state index >= 15 is 0 Å². The molecular formula is C14H21N3O. The molecule has 1 fully saturated rings. The normalized spacial score (nSPS) is 24.0. The van der Waals surface area contributed by atoms with E-state index in [1.54, 1.807) is 12.4 Å². The van der Waals surface area contributed by atoms with E-state index in [4.69, 9.17) is 5.73 Å². The molecule has 0 radical (unpaired) electrons. The van der Waals surface area contributed by atoms with E-state index in [1.807, 2.05) is 17.0 Å². The SMILES string of the molecule is CC1CCN(C(=O)Cc2ccncc2)C(CN)C1. The molecule has 98 valence electrons. The second kappa shape index (κ2) is 5.96. The third-order valence-electron chi connectivity index (χ3n) is 3.68. The summed E-state index contributed by atoms with van der Waals surface area (Å²) < 4.78 is 0. The molecule has 18 heavy (non-hydrogen) atoms. The van der Waals surface area contributed by atoms with E-state index < -0.39 is 0 Å². The number of rotatable bonds is 3. The first kappa shape index (κ1) is 13.0. The largest absolute Gasteiger partial charge is 0.338 e. The quantitative estimate of drug-likeness (QED) is 0.873. The van der Waals surface area contributed by atoms with Crippen LogP contribution >= 0.6 is 0 Å². The Morgan fingerprint density at radius 2 is 2.22 bits per heavy atom. The Labute approximate surface area is 108 Å². The van der Waals surface area contributed by atoms with Crippen LogP contribution in [0.15, 0.2) is 24.5 Å². The van der Waals surface area contributed by atoms with Gasteiger partial charge in [-0.2, -0.15) is 0 Å². The summed E-state index contributed by atoms with van der Waals surface area (Å²) in [5.41, 5.74) is 6.80. The van der Waals surface area contributed by atoms with Crippen molar-refractivity contribution < 1.29 is 4.79 Å². The van der Waals surface area contributed by atoms with Crippen LogP contribution in [-0.2, 0) is 11.2 Å². The lowest BCUT2D eigenvalue weighted by Gasteiger charge is -2.38.